The molecule has 1 aromatic carbocycles. The number of nitrogens with zero attached hydrogens (tertiary/aromatic N) is 1. The van der Waals surface area contributed by atoms with Crippen LogP contribution in [0.25, 0.3) is 0 Å². The van der Waals surface area contributed by atoms with E-state index in [-0.39, 0.29) is 18.4 Å². The first-order valence-electron chi connectivity index (χ1n) is 5.93. The highest BCUT2D eigenvalue weighted by Crippen LogP contribution is 2.25. The van der Waals surface area contributed by atoms with Gasteiger partial charge in [0.1, 0.15) is 0 Å². The molecule has 1 fully saturated rings. The lowest BCUT2D eigenvalue weighted by atomic mass is 10.1. The number of rotatable bonds is 2. The van der Waals surface area contributed by atoms with E-state index in [9.17, 15) is 8.42 Å². The lowest BCUT2D eigenvalue weighted by molar-refractivity contribution is 0.316. The second kappa shape index (κ2) is 6.54. The van der Waals surface area contributed by atoms with Crippen LogP contribution in [-0.4, -0.2) is 31.9 Å². The first kappa shape index (κ1) is 16.9. The van der Waals surface area contributed by atoms with Crippen LogP contribution >= 0.6 is 28.3 Å². The van der Waals surface area contributed by atoms with Gasteiger partial charge in [0.05, 0.1) is 4.90 Å². The van der Waals surface area contributed by atoms with E-state index < -0.39 is 10.0 Å². The molecule has 1 heterocycles. The molecule has 0 radical (unpaired) electrons. The highest BCUT2D eigenvalue weighted by atomic mass is 79.9. The molecule has 7 heteroatoms. The molecule has 1 aromatic rings. The Morgan fingerprint density at radius 3 is 2.68 bits per heavy atom. The zero-order chi connectivity index (χ0) is 13.3. The number of aryl methyl sites for hydroxylation is 1. The molecule has 0 aromatic heterocycles. The zero-order valence-corrected chi connectivity index (χ0v) is 13.9. The SMILES string of the molecule is Cc1cc(Br)ccc1S(=O)(=O)N1CCCC(N)C1.Cl. The van der Waals surface area contributed by atoms with Gasteiger partial charge in [-0.05, 0) is 43.5 Å². The lowest BCUT2D eigenvalue weighted by Crippen LogP contribution is -2.45. The second-order valence-corrected chi connectivity index (χ2v) is 7.50. The van der Waals surface area contributed by atoms with E-state index in [1.165, 1.54) is 4.31 Å². The van der Waals surface area contributed by atoms with Gasteiger partial charge < -0.3 is 5.73 Å². The Balaban J connectivity index is 0.00000180. The van der Waals surface area contributed by atoms with Crippen LogP contribution in [0.3, 0.4) is 0 Å². The van der Waals surface area contributed by atoms with Crippen molar-refractivity contribution in [2.24, 2.45) is 5.73 Å². The Labute approximate surface area is 128 Å². The Hall–Kier alpha value is -0.140. The fraction of sp³-hybridized carbons (Fsp3) is 0.500. The summed E-state index contributed by atoms with van der Waals surface area (Å²) in [4.78, 5) is 0.375. The van der Waals surface area contributed by atoms with Gasteiger partial charge in [0.15, 0.2) is 0 Å². The molecule has 0 amide bonds. The summed E-state index contributed by atoms with van der Waals surface area (Å²) in [6, 6.07) is 5.17. The van der Waals surface area contributed by atoms with Crippen LogP contribution in [0.2, 0.25) is 0 Å². The minimum absolute atomic E-state index is 0. The predicted octanol–water partition coefficient (Wildman–Crippen LogP) is 2.29. The van der Waals surface area contributed by atoms with Gasteiger partial charge in [-0.15, -0.1) is 12.4 Å². The van der Waals surface area contributed by atoms with Crippen LogP contribution < -0.4 is 5.73 Å². The first-order valence-corrected chi connectivity index (χ1v) is 8.16. The van der Waals surface area contributed by atoms with Gasteiger partial charge in [0, 0.05) is 23.6 Å². The summed E-state index contributed by atoms with van der Waals surface area (Å²) in [5.74, 6) is 0. The van der Waals surface area contributed by atoms with E-state index in [0.29, 0.717) is 18.0 Å². The van der Waals surface area contributed by atoms with E-state index >= 15 is 0 Å². The number of halogens is 2. The van der Waals surface area contributed by atoms with E-state index in [1.54, 1.807) is 12.1 Å². The fourth-order valence-electron chi connectivity index (χ4n) is 2.23. The minimum Gasteiger partial charge on any atom is -0.327 e. The largest absolute Gasteiger partial charge is 0.327 e. The summed E-state index contributed by atoms with van der Waals surface area (Å²) in [7, 11) is -3.41. The minimum atomic E-state index is -3.41. The molecule has 19 heavy (non-hydrogen) atoms. The van der Waals surface area contributed by atoms with Crippen molar-refractivity contribution in [2.75, 3.05) is 13.1 Å². The van der Waals surface area contributed by atoms with Crippen molar-refractivity contribution in [3.8, 4) is 0 Å². The Morgan fingerprint density at radius 1 is 1.42 bits per heavy atom. The van der Waals surface area contributed by atoms with E-state index in [1.807, 2.05) is 13.0 Å². The average Bonchev–Trinajstić information content (AvgIpc) is 2.28. The molecule has 0 saturated carbocycles. The molecule has 1 atom stereocenters. The quantitative estimate of drug-likeness (QED) is 0.870. The van der Waals surface area contributed by atoms with Crippen LogP contribution in [0.15, 0.2) is 27.6 Å². The molecule has 108 valence electrons. The van der Waals surface area contributed by atoms with Crippen molar-refractivity contribution in [2.45, 2.75) is 30.7 Å². The number of hydrogen-bond acceptors (Lipinski definition) is 3. The summed E-state index contributed by atoms with van der Waals surface area (Å²) >= 11 is 3.34. The summed E-state index contributed by atoms with van der Waals surface area (Å²) in [5, 5.41) is 0. The third-order valence-electron chi connectivity index (χ3n) is 3.18. The third kappa shape index (κ3) is 3.70. The maximum absolute atomic E-state index is 12.5. The fourth-order valence-corrected chi connectivity index (χ4v) is 4.45. The molecule has 0 aliphatic carbocycles. The first-order chi connectivity index (χ1) is 8.41. The van der Waals surface area contributed by atoms with Crippen LogP contribution in [-0.2, 0) is 10.0 Å². The Kier molecular flexibility index (Phi) is 5.82. The van der Waals surface area contributed by atoms with Crippen molar-refractivity contribution in [1.82, 2.24) is 4.31 Å². The van der Waals surface area contributed by atoms with Gasteiger partial charge in [0.2, 0.25) is 10.0 Å². The van der Waals surface area contributed by atoms with Crippen molar-refractivity contribution >= 4 is 38.4 Å². The summed E-state index contributed by atoms with van der Waals surface area (Å²) in [6.07, 6.45) is 1.72. The Bertz CT molecular complexity index is 551. The molecule has 1 aliphatic rings. The zero-order valence-electron chi connectivity index (χ0n) is 10.7. The molecular weight excluding hydrogens is 352 g/mol. The summed E-state index contributed by atoms with van der Waals surface area (Å²) in [5.41, 5.74) is 6.60. The molecular formula is C12H18BrClN2O2S. The lowest BCUT2D eigenvalue weighted by Gasteiger charge is -2.30. The van der Waals surface area contributed by atoms with Crippen LogP contribution in [0, 0.1) is 6.92 Å². The average molecular weight is 370 g/mol. The van der Waals surface area contributed by atoms with E-state index in [4.69, 9.17) is 5.73 Å². The predicted molar refractivity (Wildman–Crippen MR) is 82.1 cm³/mol. The number of piperidine rings is 1. The number of nitrogens with two attached hydrogens (primary N) is 1. The molecule has 0 spiro atoms. The molecule has 2 rings (SSSR count). The normalized spacial score (nSPS) is 20.9. The van der Waals surface area contributed by atoms with Crippen LogP contribution in [0.5, 0.6) is 0 Å². The van der Waals surface area contributed by atoms with E-state index in [2.05, 4.69) is 15.9 Å². The van der Waals surface area contributed by atoms with Gasteiger partial charge in [-0.2, -0.15) is 4.31 Å². The smallest absolute Gasteiger partial charge is 0.243 e. The molecule has 2 N–H and O–H groups in total. The third-order valence-corrected chi connectivity index (χ3v) is 5.69. The summed E-state index contributed by atoms with van der Waals surface area (Å²) in [6.45, 7) is 2.78. The second-order valence-electron chi connectivity index (χ2n) is 4.68. The standard InChI is InChI=1S/C12H17BrN2O2S.ClH/c1-9-7-10(13)4-5-12(9)18(16,17)15-6-2-3-11(14)8-15;/h4-5,7,11H,2-3,6,8,14H2,1H3;1H. The van der Waals surface area contributed by atoms with Gasteiger partial charge >= 0.3 is 0 Å². The van der Waals surface area contributed by atoms with Gasteiger partial charge in [-0.25, -0.2) is 8.42 Å². The molecule has 0 bridgehead atoms. The molecule has 1 saturated heterocycles. The van der Waals surface area contributed by atoms with Crippen LogP contribution in [0.1, 0.15) is 18.4 Å². The van der Waals surface area contributed by atoms with E-state index in [0.717, 1.165) is 22.9 Å². The van der Waals surface area contributed by atoms with Gasteiger partial charge in [-0.1, -0.05) is 15.9 Å². The topological polar surface area (TPSA) is 63.4 Å². The maximum Gasteiger partial charge on any atom is 0.243 e. The van der Waals surface area contributed by atoms with Gasteiger partial charge in [-0.3, -0.25) is 0 Å². The van der Waals surface area contributed by atoms with Gasteiger partial charge in [0.25, 0.3) is 0 Å². The molecule has 1 unspecified atom stereocenters. The van der Waals surface area contributed by atoms with Crippen molar-refractivity contribution in [1.29, 1.82) is 0 Å². The van der Waals surface area contributed by atoms with Crippen LogP contribution in [0.4, 0.5) is 0 Å². The van der Waals surface area contributed by atoms with Crippen molar-refractivity contribution in [3.63, 3.8) is 0 Å². The number of hydrogen-bond donors (Lipinski definition) is 1. The highest BCUT2D eigenvalue weighted by molar-refractivity contribution is 9.10. The number of benzene rings is 1. The molecule has 1 aliphatic heterocycles. The Morgan fingerprint density at radius 2 is 2.11 bits per heavy atom. The monoisotopic (exact) mass is 368 g/mol. The highest BCUT2D eigenvalue weighted by Gasteiger charge is 2.29. The number of sulfonamides is 1. The van der Waals surface area contributed by atoms with Crippen molar-refractivity contribution < 1.29 is 8.42 Å². The van der Waals surface area contributed by atoms with Crippen molar-refractivity contribution in [3.05, 3.63) is 28.2 Å². The maximum atomic E-state index is 12.5. The molecule has 4 nitrogen and oxygen atoms in total. The summed E-state index contributed by atoms with van der Waals surface area (Å²) < 4.78 is 27.4.